The van der Waals surface area contributed by atoms with E-state index in [1.54, 1.807) is 17.4 Å². The third-order valence-electron chi connectivity index (χ3n) is 3.92. The lowest BCUT2D eigenvalue weighted by molar-refractivity contribution is 0.0616. The molecule has 0 saturated carbocycles. The van der Waals surface area contributed by atoms with Crippen molar-refractivity contribution < 1.29 is 14.2 Å². The fourth-order valence-corrected chi connectivity index (χ4v) is 3.55. The number of nitrogens with one attached hydrogen (secondary N) is 1. The van der Waals surface area contributed by atoms with Crippen molar-refractivity contribution in [2.75, 3.05) is 6.54 Å². The Hall–Kier alpha value is -1.43. The van der Waals surface area contributed by atoms with E-state index in [2.05, 4.69) is 5.32 Å². The number of aliphatic hydroxyl groups is 1. The van der Waals surface area contributed by atoms with Gasteiger partial charge in [-0.15, -0.1) is 0 Å². The molecule has 0 fully saturated rings. The Bertz CT molecular complexity index is 642. The van der Waals surface area contributed by atoms with Crippen LogP contribution < -0.4 is 10.1 Å². The van der Waals surface area contributed by atoms with Crippen LogP contribution in [0.3, 0.4) is 0 Å². The van der Waals surface area contributed by atoms with Crippen molar-refractivity contribution in [3.8, 4) is 5.75 Å². The molecule has 22 heavy (non-hydrogen) atoms. The lowest BCUT2D eigenvalue weighted by Crippen LogP contribution is -2.40. The number of ether oxygens (including phenoxy) is 1. The number of hydrogen-bond donors (Lipinski definition) is 2. The highest BCUT2D eigenvalue weighted by Gasteiger charge is 2.34. The predicted octanol–water partition coefficient (Wildman–Crippen LogP) is 3.81. The largest absolute Gasteiger partial charge is 0.487 e. The zero-order chi connectivity index (χ0) is 15.7. The van der Waals surface area contributed by atoms with Gasteiger partial charge >= 0.3 is 0 Å². The third kappa shape index (κ3) is 3.32. The number of aliphatic hydroxyl groups excluding tert-OH is 1. The molecule has 2 aromatic rings. The van der Waals surface area contributed by atoms with Crippen LogP contribution in [0, 0.1) is 5.82 Å². The Morgan fingerprint density at radius 1 is 1.45 bits per heavy atom. The zero-order valence-corrected chi connectivity index (χ0v) is 13.5. The number of rotatable bonds is 4. The Labute approximate surface area is 133 Å². The molecule has 0 aliphatic carbocycles. The molecule has 2 N–H and O–H groups in total. The van der Waals surface area contributed by atoms with Gasteiger partial charge in [0.1, 0.15) is 17.2 Å². The summed E-state index contributed by atoms with van der Waals surface area (Å²) in [6.45, 7) is 4.43. The first kappa shape index (κ1) is 15.5. The van der Waals surface area contributed by atoms with E-state index in [1.807, 2.05) is 30.7 Å². The van der Waals surface area contributed by atoms with Crippen LogP contribution in [0.4, 0.5) is 4.39 Å². The van der Waals surface area contributed by atoms with Gasteiger partial charge in [-0.05, 0) is 42.3 Å². The topological polar surface area (TPSA) is 41.5 Å². The molecule has 1 aromatic carbocycles. The van der Waals surface area contributed by atoms with Crippen LogP contribution in [-0.2, 0) is 0 Å². The highest BCUT2D eigenvalue weighted by Crippen LogP contribution is 2.39. The van der Waals surface area contributed by atoms with E-state index in [9.17, 15) is 9.50 Å². The van der Waals surface area contributed by atoms with Gasteiger partial charge in [-0.2, -0.15) is 11.3 Å². The SMILES string of the molecule is CC1(C)CC(NCC(O)c2ccsc2)c2ccc(F)cc2O1. The molecule has 3 nitrogen and oxygen atoms in total. The van der Waals surface area contributed by atoms with Gasteiger partial charge in [0.2, 0.25) is 0 Å². The summed E-state index contributed by atoms with van der Waals surface area (Å²) in [6, 6.07) is 6.60. The first-order valence-electron chi connectivity index (χ1n) is 7.37. The van der Waals surface area contributed by atoms with E-state index in [0.29, 0.717) is 12.3 Å². The lowest BCUT2D eigenvalue weighted by Gasteiger charge is -2.38. The lowest BCUT2D eigenvalue weighted by atomic mass is 9.89. The molecule has 0 amide bonds. The Kier molecular flexibility index (Phi) is 4.21. The standard InChI is InChI=1S/C17H20FNO2S/c1-17(2)8-14(13-4-3-12(18)7-16(13)21-17)19-9-15(20)11-5-6-22-10-11/h3-7,10,14-15,19-20H,8-9H2,1-2H3. The fourth-order valence-electron chi connectivity index (χ4n) is 2.84. The van der Waals surface area contributed by atoms with Gasteiger partial charge in [0, 0.05) is 30.6 Å². The Balaban J connectivity index is 1.76. The molecule has 0 radical (unpaired) electrons. The van der Waals surface area contributed by atoms with Crippen molar-refractivity contribution in [2.45, 2.75) is 38.0 Å². The number of hydrogen-bond acceptors (Lipinski definition) is 4. The average Bonchev–Trinajstić information content (AvgIpc) is 2.96. The van der Waals surface area contributed by atoms with E-state index in [-0.39, 0.29) is 17.5 Å². The van der Waals surface area contributed by atoms with Crippen LogP contribution in [0.25, 0.3) is 0 Å². The second-order valence-corrected chi connectivity index (χ2v) is 7.06. The van der Waals surface area contributed by atoms with Crippen molar-refractivity contribution in [3.05, 3.63) is 52.0 Å². The molecule has 2 unspecified atom stereocenters. The Morgan fingerprint density at radius 2 is 2.27 bits per heavy atom. The van der Waals surface area contributed by atoms with E-state index >= 15 is 0 Å². The second kappa shape index (κ2) is 5.99. The van der Waals surface area contributed by atoms with Crippen LogP contribution in [0.5, 0.6) is 5.75 Å². The summed E-state index contributed by atoms with van der Waals surface area (Å²) >= 11 is 1.57. The monoisotopic (exact) mass is 321 g/mol. The second-order valence-electron chi connectivity index (χ2n) is 6.28. The molecule has 1 aromatic heterocycles. The first-order chi connectivity index (χ1) is 10.4. The molecule has 0 bridgehead atoms. The molecule has 3 rings (SSSR count). The molecule has 2 atom stereocenters. The summed E-state index contributed by atoms with van der Waals surface area (Å²) in [4.78, 5) is 0. The van der Waals surface area contributed by atoms with Gasteiger partial charge in [-0.3, -0.25) is 0 Å². The van der Waals surface area contributed by atoms with Gasteiger partial charge in [0.15, 0.2) is 0 Å². The summed E-state index contributed by atoms with van der Waals surface area (Å²) in [6.07, 6.45) is 0.225. The van der Waals surface area contributed by atoms with Crippen LogP contribution in [0.2, 0.25) is 0 Å². The number of halogens is 1. The number of benzene rings is 1. The summed E-state index contributed by atoms with van der Waals surface area (Å²) in [5.41, 5.74) is 1.49. The number of fused-ring (bicyclic) bond motifs is 1. The van der Waals surface area contributed by atoms with Crippen molar-refractivity contribution in [1.29, 1.82) is 0 Å². The molecular formula is C17H20FNO2S. The summed E-state index contributed by atoms with van der Waals surface area (Å²) < 4.78 is 19.3. The summed E-state index contributed by atoms with van der Waals surface area (Å²) in [5.74, 6) is 0.285. The minimum Gasteiger partial charge on any atom is -0.487 e. The first-order valence-corrected chi connectivity index (χ1v) is 8.31. The molecule has 1 aliphatic rings. The molecule has 118 valence electrons. The van der Waals surface area contributed by atoms with Crippen molar-refractivity contribution in [2.24, 2.45) is 0 Å². The molecule has 1 aliphatic heterocycles. The van der Waals surface area contributed by atoms with Gasteiger partial charge in [-0.25, -0.2) is 4.39 Å². The van der Waals surface area contributed by atoms with E-state index in [4.69, 9.17) is 4.74 Å². The predicted molar refractivity (Wildman–Crippen MR) is 85.7 cm³/mol. The van der Waals surface area contributed by atoms with Gasteiger partial charge < -0.3 is 15.2 Å². The molecule has 5 heteroatoms. The van der Waals surface area contributed by atoms with Crippen molar-refractivity contribution >= 4 is 11.3 Å². The van der Waals surface area contributed by atoms with E-state index in [1.165, 1.54) is 12.1 Å². The smallest absolute Gasteiger partial charge is 0.127 e. The normalized spacial score (nSPS) is 21.0. The highest BCUT2D eigenvalue weighted by molar-refractivity contribution is 7.07. The van der Waals surface area contributed by atoms with Gasteiger partial charge in [0.25, 0.3) is 0 Å². The molecular weight excluding hydrogens is 301 g/mol. The molecule has 0 saturated heterocycles. The van der Waals surface area contributed by atoms with E-state index < -0.39 is 6.10 Å². The highest BCUT2D eigenvalue weighted by atomic mass is 32.1. The maximum Gasteiger partial charge on any atom is 0.127 e. The third-order valence-corrected chi connectivity index (χ3v) is 4.62. The van der Waals surface area contributed by atoms with Crippen LogP contribution in [0.15, 0.2) is 35.0 Å². The van der Waals surface area contributed by atoms with Gasteiger partial charge in [-0.1, -0.05) is 6.07 Å². The van der Waals surface area contributed by atoms with Crippen LogP contribution in [0.1, 0.15) is 43.5 Å². The minimum atomic E-state index is -0.541. The van der Waals surface area contributed by atoms with E-state index in [0.717, 1.165) is 17.5 Å². The van der Waals surface area contributed by atoms with Crippen molar-refractivity contribution in [3.63, 3.8) is 0 Å². The fraction of sp³-hybridized carbons (Fsp3) is 0.412. The Morgan fingerprint density at radius 3 is 3.00 bits per heavy atom. The average molecular weight is 321 g/mol. The maximum absolute atomic E-state index is 13.4. The minimum absolute atomic E-state index is 0.0348. The zero-order valence-electron chi connectivity index (χ0n) is 12.7. The maximum atomic E-state index is 13.4. The molecule has 2 heterocycles. The summed E-state index contributed by atoms with van der Waals surface area (Å²) in [5, 5.41) is 17.5. The van der Waals surface area contributed by atoms with Crippen molar-refractivity contribution in [1.82, 2.24) is 5.32 Å². The van der Waals surface area contributed by atoms with Crippen LogP contribution in [-0.4, -0.2) is 17.3 Å². The number of thiophene rings is 1. The quantitative estimate of drug-likeness (QED) is 0.900. The van der Waals surface area contributed by atoms with Crippen LogP contribution >= 0.6 is 11.3 Å². The summed E-state index contributed by atoms with van der Waals surface area (Å²) in [7, 11) is 0. The van der Waals surface area contributed by atoms with Gasteiger partial charge in [0.05, 0.1) is 6.10 Å². The molecule has 0 spiro atoms.